The summed E-state index contributed by atoms with van der Waals surface area (Å²) in [6.07, 6.45) is -0.360. The van der Waals surface area contributed by atoms with Crippen molar-refractivity contribution in [2.75, 3.05) is 39.4 Å². The predicted molar refractivity (Wildman–Crippen MR) is 81.6 cm³/mol. The molecule has 0 aromatic heterocycles. The number of hydrogen-bond donors (Lipinski definition) is 1. The first-order chi connectivity index (χ1) is 10.3. The molecule has 7 heteroatoms. The van der Waals surface area contributed by atoms with Crippen LogP contribution in [-0.2, 0) is 14.3 Å². The van der Waals surface area contributed by atoms with Gasteiger partial charge in [-0.3, -0.25) is 4.79 Å². The Hall–Kier alpha value is -1.34. The Morgan fingerprint density at radius 2 is 1.86 bits per heavy atom. The summed E-state index contributed by atoms with van der Waals surface area (Å²) >= 11 is 0. The number of hydrogen-bond acceptors (Lipinski definition) is 5. The number of amides is 2. The molecule has 126 valence electrons. The van der Waals surface area contributed by atoms with Crippen LogP contribution >= 0.6 is 0 Å². The van der Waals surface area contributed by atoms with E-state index in [9.17, 15) is 9.59 Å². The Labute approximate surface area is 131 Å². The van der Waals surface area contributed by atoms with Crippen molar-refractivity contribution in [3.05, 3.63) is 0 Å². The smallest absolute Gasteiger partial charge is 0.410 e. The maximum atomic E-state index is 12.5. The minimum Gasteiger partial charge on any atom is -0.444 e. The summed E-state index contributed by atoms with van der Waals surface area (Å²) in [4.78, 5) is 28.3. The van der Waals surface area contributed by atoms with E-state index in [0.29, 0.717) is 39.4 Å². The minimum absolute atomic E-state index is 0.00332. The van der Waals surface area contributed by atoms with Crippen LogP contribution < -0.4 is 5.32 Å². The molecule has 22 heavy (non-hydrogen) atoms. The van der Waals surface area contributed by atoms with Crippen LogP contribution in [0.2, 0.25) is 0 Å². The lowest BCUT2D eigenvalue weighted by atomic mass is 10.1. The van der Waals surface area contributed by atoms with Gasteiger partial charge in [0.25, 0.3) is 0 Å². The van der Waals surface area contributed by atoms with Gasteiger partial charge in [-0.15, -0.1) is 0 Å². The molecule has 1 N–H and O–H groups in total. The maximum Gasteiger partial charge on any atom is 0.410 e. The minimum atomic E-state index is -0.536. The average molecular weight is 313 g/mol. The molecule has 2 aliphatic rings. The molecule has 2 saturated heterocycles. The molecule has 0 unspecified atom stereocenters. The van der Waals surface area contributed by atoms with Gasteiger partial charge in [0.2, 0.25) is 5.91 Å². The number of carbonyl (C=O) groups excluding carboxylic acids is 2. The molecule has 2 amide bonds. The highest BCUT2D eigenvalue weighted by atomic mass is 16.6. The molecule has 0 aliphatic carbocycles. The molecule has 0 aromatic rings. The zero-order valence-corrected chi connectivity index (χ0v) is 13.9. The van der Waals surface area contributed by atoms with Gasteiger partial charge >= 0.3 is 6.09 Å². The number of nitrogens with one attached hydrogen (secondary N) is 1. The lowest BCUT2D eigenvalue weighted by molar-refractivity contribution is -0.138. The largest absolute Gasteiger partial charge is 0.444 e. The van der Waals surface area contributed by atoms with Crippen LogP contribution in [0, 0.1) is 0 Å². The van der Waals surface area contributed by atoms with Gasteiger partial charge in [0.05, 0.1) is 13.2 Å². The molecule has 0 aromatic carbocycles. The molecular weight excluding hydrogens is 286 g/mol. The van der Waals surface area contributed by atoms with E-state index in [1.807, 2.05) is 27.7 Å². The molecule has 2 rings (SSSR count). The Kier molecular flexibility index (Phi) is 5.28. The van der Waals surface area contributed by atoms with E-state index >= 15 is 0 Å². The number of nitrogens with zero attached hydrogens (tertiary/aromatic N) is 2. The third-order valence-electron chi connectivity index (χ3n) is 3.82. The van der Waals surface area contributed by atoms with E-state index in [0.717, 1.165) is 0 Å². The van der Waals surface area contributed by atoms with Crippen molar-refractivity contribution in [2.24, 2.45) is 0 Å². The van der Waals surface area contributed by atoms with Crippen molar-refractivity contribution in [2.45, 2.75) is 45.4 Å². The standard InChI is InChI=1S/C15H27N3O4/c1-11-9-16-12(13(19)17-5-7-21-8-6-17)10-18(11)14(20)22-15(2,3)4/h11-12,16H,5-10H2,1-4H3/t11-,12-/m1/s1. The topological polar surface area (TPSA) is 71.1 Å². The van der Waals surface area contributed by atoms with Crippen LogP contribution in [0.5, 0.6) is 0 Å². The van der Waals surface area contributed by atoms with Gasteiger partial charge in [0.15, 0.2) is 0 Å². The number of morpholine rings is 1. The Bertz CT molecular complexity index is 416. The molecule has 2 heterocycles. The monoisotopic (exact) mass is 313 g/mol. The second-order valence-electron chi connectivity index (χ2n) is 6.88. The zero-order valence-electron chi connectivity index (χ0n) is 13.9. The Balaban J connectivity index is 1.97. The fraction of sp³-hybridized carbons (Fsp3) is 0.867. The van der Waals surface area contributed by atoms with Gasteiger partial charge in [-0.25, -0.2) is 4.79 Å². The fourth-order valence-corrected chi connectivity index (χ4v) is 2.61. The highest BCUT2D eigenvalue weighted by Crippen LogP contribution is 2.15. The highest BCUT2D eigenvalue weighted by Gasteiger charge is 2.36. The van der Waals surface area contributed by atoms with Crippen LogP contribution in [0.25, 0.3) is 0 Å². The van der Waals surface area contributed by atoms with Gasteiger partial charge in [0.1, 0.15) is 11.6 Å². The highest BCUT2D eigenvalue weighted by molar-refractivity contribution is 5.83. The van der Waals surface area contributed by atoms with Crippen LogP contribution in [-0.4, -0.2) is 78.9 Å². The SMILES string of the molecule is C[C@@H]1CN[C@@H](C(=O)N2CCOCC2)CN1C(=O)OC(C)(C)C. The van der Waals surface area contributed by atoms with Crippen LogP contribution in [0.15, 0.2) is 0 Å². The molecule has 0 saturated carbocycles. The first kappa shape index (κ1) is 17.0. The molecule has 0 spiro atoms. The van der Waals surface area contributed by atoms with E-state index in [1.54, 1.807) is 9.80 Å². The summed E-state index contributed by atoms with van der Waals surface area (Å²) < 4.78 is 10.7. The van der Waals surface area contributed by atoms with Gasteiger partial charge in [-0.05, 0) is 27.7 Å². The quantitative estimate of drug-likeness (QED) is 0.761. The molecule has 2 atom stereocenters. The van der Waals surface area contributed by atoms with E-state index < -0.39 is 5.60 Å². The summed E-state index contributed by atoms with van der Waals surface area (Å²) in [5, 5.41) is 3.23. The van der Waals surface area contributed by atoms with Crippen molar-refractivity contribution < 1.29 is 19.1 Å². The normalized spacial score (nSPS) is 26.7. The number of ether oxygens (including phenoxy) is 2. The van der Waals surface area contributed by atoms with Crippen molar-refractivity contribution in [1.29, 1.82) is 0 Å². The summed E-state index contributed by atoms with van der Waals surface area (Å²) in [5.41, 5.74) is -0.536. The zero-order chi connectivity index (χ0) is 16.3. The van der Waals surface area contributed by atoms with E-state index in [1.165, 1.54) is 0 Å². The molecule has 2 fully saturated rings. The lowest BCUT2D eigenvalue weighted by Crippen LogP contribution is -2.63. The first-order valence-corrected chi connectivity index (χ1v) is 7.87. The fourth-order valence-electron chi connectivity index (χ4n) is 2.61. The van der Waals surface area contributed by atoms with Gasteiger partial charge < -0.3 is 24.6 Å². The maximum absolute atomic E-state index is 12.5. The second-order valence-corrected chi connectivity index (χ2v) is 6.88. The second kappa shape index (κ2) is 6.83. The first-order valence-electron chi connectivity index (χ1n) is 7.87. The van der Waals surface area contributed by atoms with Crippen LogP contribution in [0.3, 0.4) is 0 Å². The average Bonchev–Trinajstić information content (AvgIpc) is 2.46. The van der Waals surface area contributed by atoms with Crippen LogP contribution in [0.1, 0.15) is 27.7 Å². The van der Waals surface area contributed by atoms with Crippen molar-refractivity contribution >= 4 is 12.0 Å². The predicted octanol–water partition coefficient (Wildman–Crippen LogP) is 0.443. The van der Waals surface area contributed by atoms with E-state index in [4.69, 9.17) is 9.47 Å². The number of rotatable bonds is 1. The van der Waals surface area contributed by atoms with Gasteiger partial charge in [0, 0.05) is 32.2 Å². The number of carbonyl (C=O) groups is 2. The van der Waals surface area contributed by atoms with E-state index in [-0.39, 0.29) is 24.1 Å². The van der Waals surface area contributed by atoms with Gasteiger partial charge in [-0.1, -0.05) is 0 Å². The lowest BCUT2D eigenvalue weighted by Gasteiger charge is -2.40. The van der Waals surface area contributed by atoms with Crippen molar-refractivity contribution in [3.63, 3.8) is 0 Å². The Morgan fingerprint density at radius 1 is 1.23 bits per heavy atom. The van der Waals surface area contributed by atoms with Gasteiger partial charge in [-0.2, -0.15) is 0 Å². The molecule has 7 nitrogen and oxygen atoms in total. The number of piperazine rings is 1. The summed E-state index contributed by atoms with van der Waals surface area (Å²) in [5.74, 6) is 0.0313. The molecule has 0 radical (unpaired) electrons. The third kappa shape index (κ3) is 4.33. The summed E-state index contributed by atoms with van der Waals surface area (Å²) in [6, 6.07) is -0.370. The molecule has 2 aliphatic heterocycles. The Morgan fingerprint density at radius 3 is 2.45 bits per heavy atom. The molecular formula is C15H27N3O4. The van der Waals surface area contributed by atoms with Crippen molar-refractivity contribution in [3.8, 4) is 0 Å². The van der Waals surface area contributed by atoms with E-state index in [2.05, 4.69) is 5.32 Å². The summed E-state index contributed by atoms with van der Waals surface area (Å²) in [6.45, 7) is 10.8. The molecule has 0 bridgehead atoms. The van der Waals surface area contributed by atoms with Crippen molar-refractivity contribution in [1.82, 2.24) is 15.1 Å². The summed E-state index contributed by atoms with van der Waals surface area (Å²) in [7, 11) is 0. The van der Waals surface area contributed by atoms with Crippen LogP contribution in [0.4, 0.5) is 4.79 Å². The third-order valence-corrected chi connectivity index (χ3v) is 3.82.